The number of amides is 2. The fourth-order valence-electron chi connectivity index (χ4n) is 2.49. The lowest BCUT2D eigenvalue weighted by atomic mass is 10.2. The largest absolute Gasteiger partial charge is 0.372 e. The van der Waals surface area contributed by atoms with Gasteiger partial charge in [0.25, 0.3) is 0 Å². The minimum atomic E-state index is -0.0320. The lowest BCUT2D eigenvalue weighted by Gasteiger charge is -2.35. The average Bonchev–Trinajstić information content (AvgIpc) is 2.91. The Kier molecular flexibility index (Phi) is 5.76. The van der Waals surface area contributed by atoms with Gasteiger partial charge in [0.15, 0.2) is 5.82 Å². The molecule has 2 rings (SSSR count). The van der Waals surface area contributed by atoms with Gasteiger partial charge >= 0.3 is 6.03 Å². The van der Waals surface area contributed by atoms with E-state index in [2.05, 4.69) is 15.5 Å². The smallest absolute Gasteiger partial charge is 0.317 e. The maximum Gasteiger partial charge on any atom is 0.317 e. The fraction of sp³-hybridized carbons (Fsp3) is 0.800. The van der Waals surface area contributed by atoms with Crippen LogP contribution in [0.4, 0.5) is 4.79 Å². The second-order valence-corrected chi connectivity index (χ2v) is 6.20. The number of carbonyl (C=O) groups is 1. The third-order valence-corrected chi connectivity index (χ3v) is 3.55. The van der Waals surface area contributed by atoms with Crippen molar-refractivity contribution in [2.24, 2.45) is 0 Å². The number of carbonyl (C=O) groups excluding carboxylic acids is 1. The highest BCUT2D eigenvalue weighted by molar-refractivity contribution is 5.74. The highest BCUT2D eigenvalue weighted by Crippen LogP contribution is 2.11. The van der Waals surface area contributed by atoms with E-state index in [-0.39, 0.29) is 24.2 Å². The third-order valence-electron chi connectivity index (χ3n) is 3.55. The van der Waals surface area contributed by atoms with Crippen molar-refractivity contribution in [1.29, 1.82) is 0 Å². The number of rotatable bonds is 5. The minimum Gasteiger partial charge on any atom is -0.372 e. The number of aryl methyl sites for hydroxylation is 1. The van der Waals surface area contributed by atoms with E-state index in [9.17, 15) is 4.79 Å². The Labute approximate surface area is 131 Å². The second-order valence-electron chi connectivity index (χ2n) is 6.20. The number of urea groups is 1. The van der Waals surface area contributed by atoms with Gasteiger partial charge in [0.05, 0.1) is 12.2 Å². The number of hydrogen-bond donors (Lipinski definition) is 1. The predicted octanol–water partition coefficient (Wildman–Crippen LogP) is 1.94. The van der Waals surface area contributed by atoms with E-state index in [0.29, 0.717) is 31.9 Å². The van der Waals surface area contributed by atoms with Gasteiger partial charge in [0, 0.05) is 32.0 Å². The molecule has 7 nitrogen and oxygen atoms in total. The van der Waals surface area contributed by atoms with Gasteiger partial charge in [0.1, 0.15) is 0 Å². The molecule has 1 fully saturated rings. The van der Waals surface area contributed by atoms with Crippen molar-refractivity contribution >= 4 is 6.03 Å². The molecule has 22 heavy (non-hydrogen) atoms. The van der Waals surface area contributed by atoms with Gasteiger partial charge in [-0.05, 0) is 20.3 Å². The lowest BCUT2D eigenvalue weighted by Crippen LogP contribution is -2.51. The summed E-state index contributed by atoms with van der Waals surface area (Å²) >= 11 is 0. The van der Waals surface area contributed by atoms with Crippen LogP contribution in [0, 0.1) is 0 Å². The van der Waals surface area contributed by atoms with Crippen molar-refractivity contribution in [2.75, 3.05) is 19.6 Å². The van der Waals surface area contributed by atoms with Crippen LogP contribution in [0.1, 0.15) is 51.7 Å². The molecule has 1 aromatic heterocycles. The molecule has 124 valence electrons. The maximum absolute atomic E-state index is 12.1. The summed E-state index contributed by atoms with van der Waals surface area (Å²) in [4.78, 5) is 18.2. The Morgan fingerprint density at radius 1 is 1.36 bits per heavy atom. The highest BCUT2D eigenvalue weighted by atomic mass is 16.5. The van der Waals surface area contributed by atoms with Crippen molar-refractivity contribution in [1.82, 2.24) is 20.4 Å². The van der Waals surface area contributed by atoms with Gasteiger partial charge < -0.3 is 19.5 Å². The first-order valence-corrected chi connectivity index (χ1v) is 7.96. The molecule has 2 heterocycles. The van der Waals surface area contributed by atoms with Crippen LogP contribution in [-0.4, -0.2) is 52.9 Å². The molecular weight excluding hydrogens is 284 g/mol. The number of morpholine rings is 1. The van der Waals surface area contributed by atoms with Crippen LogP contribution in [0.5, 0.6) is 0 Å². The Hall–Kier alpha value is -1.63. The quantitative estimate of drug-likeness (QED) is 0.841. The summed E-state index contributed by atoms with van der Waals surface area (Å²) in [5.41, 5.74) is 0. The molecule has 1 aromatic rings. The van der Waals surface area contributed by atoms with Gasteiger partial charge in [-0.15, -0.1) is 0 Å². The van der Waals surface area contributed by atoms with Crippen LogP contribution in [0.2, 0.25) is 0 Å². The lowest BCUT2D eigenvalue weighted by molar-refractivity contribution is -0.0545. The van der Waals surface area contributed by atoms with Crippen molar-refractivity contribution in [3.63, 3.8) is 0 Å². The van der Waals surface area contributed by atoms with E-state index in [1.54, 1.807) is 0 Å². The van der Waals surface area contributed by atoms with Crippen molar-refractivity contribution in [3.8, 4) is 0 Å². The summed E-state index contributed by atoms with van der Waals surface area (Å²) in [7, 11) is 0. The molecule has 2 atom stereocenters. The fourth-order valence-corrected chi connectivity index (χ4v) is 2.49. The summed E-state index contributed by atoms with van der Waals surface area (Å²) in [6.07, 6.45) is 1.63. The summed E-state index contributed by atoms with van der Waals surface area (Å²) < 4.78 is 10.8. The molecule has 0 unspecified atom stereocenters. The zero-order valence-electron chi connectivity index (χ0n) is 13.8. The normalized spacial score (nSPS) is 22.1. The molecule has 0 radical (unpaired) electrons. The molecule has 0 aliphatic carbocycles. The molecule has 7 heteroatoms. The first kappa shape index (κ1) is 16.7. The van der Waals surface area contributed by atoms with Crippen LogP contribution in [0.15, 0.2) is 4.52 Å². The zero-order valence-corrected chi connectivity index (χ0v) is 13.8. The molecule has 1 saturated heterocycles. The first-order valence-electron chi connectivity index (χ1n) is 7.96. The van der Waals surface area contributed by atoms with Crippen molar-refractivity contribution < 1.29 is 14.1 Å². The number of nitrogens with one attached hydrogen (secondary N) is 1. The molecule has 1 aliphatic rings. The minimum absolute atomic E-state index is 0.0320. The van der Waals surface area contributed by atoms with Crippen molar-refractivity contribution in [3.05, 3.63) is 11.7 Å². The van der Waals surface area contributed by atoms with E-state index in [0.717, 1.165) is 12.2 Å². The summed E-state index contributed by atoms with van der Waals surface area (Å²) in [5.74, 6) is 1.63. The molecular formula is C15H26N4O3. The molecule has 0 saturated carbocycles. The summed E-state index contributed by atoms with van der Waals surface area (Å²) in [6.45, 7) is 9.89. The number of hydrogen-bond acceptors (Lipinski definition) is 5. The molecule has 0 spiro atoms. The number of ether oxygens (including phenoxy) is 1. The molecule has 1 N–H and O–H groups in total. The molecule has 0 bridgehead atoms. The van der Waals surface area contributed by atoms with E-state index < -0.39 is 0 Å². The zero-order chi connectivity index (χ0) is 16.1. The maximum atomic E-state index is 12.1. The van der Waals surface area contributed by atoms with Crippen LogP contribution in [-0.2, 0) is 11.2 Å². The van der Waals surface area contributed by atoms with E-state index in [1.165, 1.54) is 0 Å². The monoisotopic (exact) mass is 310 g/mol. The number of aromatic nitrogens is 2. The predicted molar refractivity (Wildman–Crippen MR) is 81.7 cm³/mol. The molecule has 0 aromatic carbocycles. The standard InChI is InChI=1S/C15H26N4O3/c1-10(2)14-17-13(22-18-14)6-5-7-16-15(20)19-8-11(3)21-12(4)9-19/h10-12H,5-9H2,1-4H3,(H,16,20)/t11-,12-/m1/s1. The van der Waals surface area contributed by atoms with Crippen LogP contribution >= 0.6 is 0 Å². The van der Waals surface area contributed by atoms with E-state index in [1.807, 2.05) is 32.6 Å². The van der Waals surface area contributed by atoms with Crippen LogP contribution in [0.25, 0.3) is 0 Å². The van der Waals surface area contributed by atoms with Gasteiger partial charge in [-0.3, -0.25) is 0 Å². The first-order chi connectivity index (χ1) is 10.5. The average molecular weight is 310 g/mol. The topological polar surface area (TPSA) is 80.5 Å². The van der Waals surface area contributed by atoms with Gasteiger partial charge in [-0.1, -0.05) is 19.0 Å². The Balaban J connectivity index is 1.68. The Morgan fingerprint density at radius 3 is 2.64 bits per heavy atom. The molecule has 2 amide bonds. The van der Waals surface area contributed by atoms with E-state index >= 15 is 0 Å². The Morgan fingerprint density at radius 2 is 2.05 bits per heavy atom. The van der Waals surface area contributed by atoms with Gasteiger partial charge in [-0.2, -0.15) is 4.98 Å². The number of nitrogens with zero attached hydrogens (tertiary/aromatic N) is 3. The SMILES string of the molecule is CC(C)c1noc(CCCNC(=O)N2C[C@@H](C)O[C@H](C)C2)n1. The summed E-state index contributed by atoms with van der Waals surface area (Å²) in [5, 5.41) is 6.86. The second kappa shape index (κ2) is 7.58. The van der Waals surface area contributed by atoms with Gasteiger partial charge in [-0.25, -0.2) is 4.79 Å². The Bertz CT molecular complexity index is 479. The van der Waals surface area contributed by atoms with E-state index in [4.69, 9.17) is 9.26 Å². The van der Waals surface area contributed by atoms with Crippen LogP contribution in [0.3, 0.4) is 0 Å². The molecule has 1 aliphatic heterocycles. The van der Waals surface area contributed by atoms with Crippen molar-refractivity contribution in [2.45, 2.75) is 58.7 Å². The van der Waals surface area contributed by atoms with Gasteiger partial charge in [0.2, 0.25) is 5.89 Å². The third kappa shape index (κ3) is 4.69. The van der Waals surface area contributed by atoms with Crippen LogP contribution < -0.4 is 5.32 Å². The highest BCUT2D eigenvalue weighted by Gasteiger charge is 2.25. The summed E-state index contributed by atoms with van der Waals surface area (Å²) in [6, 6.07) is -0.0320.